The van der Waals surface area contributed by atoms with E-state index in [1.54, 1.807) is 33.8 Å². The lowest BCUT2D eigenvalue weighted by molar-refractivity contribution is -0.0982. The van der Waals surface area contributed by atoms with E-state index in [1.165, 1.54) is 0 Å². The van der Waals surface area contributed by atoms with Gasteiger partial charge in [-0.15, -0.1) is 6.58 Å². The highest BCUT2D eigenvalue weighted by Crippen LogP contribution is 2.25. The van der Waals surface area contributed by atoms with Gasteiger partial charge in [0, 0.05) is 0 Å². The van der Waals surface area contributed by atoms with Gasteiger partial charge in [-0.25, -0.2) is 0 Å². The van der Waals surface area contributed by atoms with Crippen molar-refractivity contribution in [3.05, 3.63) is 42.5 Å². The van der Waals surface area contributed by atoms with Crippen LogP contribution in [0.3, 0.4) is 0 Å². The summed E-state index contributed by atoms with van der Waals surface area (Å²) in [5.74, 6) is 0. The first-order chi connectivity index (χ1) is 8.69. The van der Waals surface area contributed by atoms with Crippen LogP contribution in [0, 0.1) is 0 Å². The Morgan fingerprint density at radius 1 is 1.26 bits per heavy atom. The Morgan fingerprint density at radius 3 is 2.37 bits per heavy atom. The van der Waals surface area contributed by atoms with Crippen molar-refractivity contribution in [2.45, 2.75) is 45.3 Å². The van der Waals surface area contributed by atoms with Crippen molar-refractivity contribution in [1.29, 1.82) is 0 Å². The normalized spacial score (nSPS) is 12.3. The second-order valence-electron chi connectivity index (χ2n) is 5.73. The summed E-state index contributed by atoms with van der Waals surface area (Å²) in [6.07, 6.45) is 2.45. The molecule has 1 aromatic rings. The summed E-state index contributed by atoms with van der Waals surface area (Å²) in [7, 11) is -1.07. The molecule has 0 saturated heterocycles. The van der Waals surface area contributed by atoms with Gasteiger partial charge in [0.2, 0.25) is 0 Å². The highest BCUT2D eigenvalue weighted by Gasteiger charge is 2.39. The summed E-state index contributed by atoms with van der Waals surface area (Å²) in [4.78, 5) is 0. The van der Waals surface area contributed by atoms with Crippen molar-refractivity contribution in [2.75, 3.05) is 0 Å². The molecule has 1 aromatic carbocycles. The molecule has 0 saturated carbocycles. The predicted molar refractivity (Wildman–Crippen MR) is 79.4 cm³/mol. The summed E-state index contributed by atoms with van der Waals surface area (Å²) in [5.41, 5.74) is -0.244. The maximum absolute atomic E-state index is 10.3. The van der Waals surface area contributed by atoms with E-state index in [2.05, 4.69) is 6.58 Å². The van der Waals surface area contributed by atoms with Crippen LogP contribution in [0.25, 0.3) is 0 Å². The van der Waals surface area contributed by atoms with Gasteiger partial charge in [-0.05, 0) is 45.1 Å². The average Bonchev–Trinajstić information content (AvgIpc) is 2.28. The van der Waals surface area contributed by atoms with Crippen LogP contribution in [0.4, 0.5) is 0 Å². The van der Waals surface area contributed by atoms with E-state index in [4.69, 9.17) is 4.65 Å². The van der Waals surface area contributed by atoms with Gasteiger partial charge >= 0.3 is 7.12 Å². The molecule has 1 rings (SSSR count). The van der Waals surface area contributed by atoms with E-state index in [-0.39, 0.29) is 0 Å². The van der Waals surface area contributed by atoms with Crippen LogP contribution in [0.2, 0.25) is 0 Å². The maximum Gasteiger partial charge on any atom is 0.491 e. The molecule has 0 unspecified atom stereocenters. The van der Waals surface area contributed by atoms with E-state index >= 15 is 0 Å². The lowest BCUT2D eigenvalue weighted by Gasteiger charge is -2.38. The zero-order valence-electron chi connectivity index (χ0n) is 12.2. The first-order valence-electron chi connectivity index (χ1n) is 6.46. The number of benzene rings is 1. The van der Waals surface area contributed by atoms with Gasteiger partial charge in [0.05, 0.1) is 11.2 Å². The molecule has 0 radical (unpaired) electrons. The summed E-state index contributed by atoms with van der Waals surface area (Å²) >= 11 is 0. The number of hydrogen-bond donors (Lipinski definition) is 2. The molecule has 0 aliphatic rings. The molecule has 0 aliphatic heterocycles. The SMILES string of the molecule is C=CCc1ccccc1B(O)OC(C)(C)C(C)(C)O. The van der Waals surface area contributed by atoms with Crippen LogP contribution >= 0.6 is 0 Å². The summed E-state index contributed by atoms with van der Waals surface area (Å²) in [6, 6.07) is 7.52. The fourth-order valence-electron chi connectivity index (χ4n) is 1.60. The minimum Gasteiger partial charge on any atom is -0.423 e. The predicted octanol–water partition coefficient (Wildman–Crippen LogP) is 1.67. The molecule has 3 nitrogen and oxygen atoms in total. The zero-order chi connectivity index (χ0) is 14.7. The molecular weight excluding hydrogens is 239 g/mol. The molecule has 0 heterocycles. The van der Waals surface area contributed by atoms with Gasteiger partial charge in [-0.2, -0.15) is 0 Å². The fraction of sp³-hybridized carbons (Fsp3) is 0.467. The molecule has 0 fully saturated rings. The summed E-state index contributed by atoms with van der Waals surface area (Å²) < 4.78 is 5.65. The van der Waals surface area contributed by atoms with Gasteiger partial charge < -0.3 is 14.8 Å². The Bertz CT molecular complexity index is 435. The third-order valence-electron chi connectivity index (χ3n) is 3.57. The second kappa shape index (κ2) is 5.91. The molecule has 19 heavy (non-hydrogen) atoms. The van der Waals surface area contributed by atoms with Crippen molar-refractivity contribution < 1.29 is 14.8 Å². The lowest BCUT2D eigenvalue weighted by atomic mass is 9.73. The van der Waals surface area contributed by atoms with Crippen molar-refractivity contribution >= 4 is 12.6 Å². The van der Waals surface area contributed by atoms with Crippen LogP contribution in [0.15, 0.2) is 36.9 Å². The van der Waals surface area contributed by atoms with Crippen LogP contribution in [-0.2, 0) is 11.1 Å². The minimum absolute atomic E-state index is 0.666. The Kier molecular flexibility index (Phi) is 4.96. The van der Waals surface area contributed by atoms with Crippen LogP contribution < -0.4 is 5.46 Å². The van der Waals surface area contributed by atoms with Crippen LogP contribution in [0.5, 0.6) is 0 Å². The summed E-state index contributed by atoms with van der Waals surface area (Å²) in [5, 5.41) is 20.3. The zero-order valence-corrected chi connectivity index (χ0v) is 12.2. The molecule has 0 amide bonds. The van der Waals surface area contributed by atoms with Crippen LogP contribution in [0.1, 0.15) is 33.3 Å². The van der Waals surface area contributed by atoms with Crippen molar-refractivity contribution in [1.82, 2.24) is 0 Å². The highest BCUT2D eigenvalue weighted by molar-refractivity contribution is 6.60. The third kappa shape index (κ3) is 3.93. The van der Waals surface area contributed by atoms with Gasteiger partial charge in [0.15, 0.2) is 0 Å². The van der Waals surface area contributed by atoms with Crippen molar-refractivity contribution in [2.24, 2.45) is 0 Å². The van der Waals surface area contributed by atoms with E-state index in [0.717, 1.165) is 5.56 Å². The largest absolute Gasteiger partial charge is 0.491 e. The average molecular weight is 262 g/mol. The highest BCUT2D eigenvalue weighted by atomic mass is 16.5. The van der Waals surface area contributed by atoms with Crippen molar-refractivity contribution in [3.63, 3.8) is 0 Å². The van der Waals surface area contributed by atoms with Gasteiger partial charge in [0.1, 0.15) is 0 Å². The fourth-order valence-corrected chi connectivity index (χ4v) is 1.60. The van der Waals surface area contributed by atoms with E-state index in [9.17, 15) is 10.1 Å². The Morgan fingerprint density at radius 2 is 1.84 bits per heavy atom. The molecule has 0 spiro atoms. The summed E-state index contributed by atoms with van der Waals surface area (Å²) in [6.45, 7) is 10.5. The quantitative estimate of drug-likeness (QED) is 0.605. The number of rotatable bonds is 6. The standard InChI is InChI=1S/C15H23BO3/c1-6-9-12-10-7-8-11-13(12)16(18)19-15(4,5)14(2,3)17/h6-8,10-11,17-18H,1,9H2,2-5H3. The molecule has 0 bridgehead atoms. The third-order valence-corrected chi connectivity index (χ3v) is 3.57. The van der Waals surface area contributed by atoms with Gasteiger partial charge in [0.25, 0.3) is 0 Å². The van der Waals surface area contributed by atoms with Gasteiger partial charge in [-0.1, -0.05) is 30.3 Å². The van der Waals surface area contributed by atoms with E-state index < -0.39 is 18.3 Å². The lowest BCUT2D eigenvalue weighted by Crippen LogP contribution is -2.53. The minimum atomic E-state index is -1.07. The topological polar surface area (TPSA) is 49.7 Å². The second-order valence-corrected chi connectivity index (χ2v) is 5.73. The van der Waals surface area contributed by atoms with Crippen molar-refractivity contribution in [3.8, 4) is 0 Å². The monoisotopic (exact) mass is 262 g/mol. The Balaban J connectivity index is 2.95. The first kappa shape index (κ1) is 16.0. The first-order valence-corrected chi connectivity index (χ1v) is 6.46. The molecular formula is C15H23BO3. The number of allylic oxidation sites excluding steroid dienone is 1. The Labute approximate surface area is 116 Å². The number of aliphatic hydroxyl groups is 1. The number of hydrogen-bond acceptors (Lipinski definition) is 3. The van der Waals surface area contributed by atoms with E-state index in [1.807, 2.05) is 24.3 Å². The van der Waals surface area contributed by atoms with Crippen LogP contribution in [-0.4, -0.2) is 28.5 Å². The molecule has 0 aromatic heterocycles. The maximum atomic E-state index is 10.3. The van der Waals surface area contributed by atoms with E-state index in [0.29, 0.717) is 11.9 Å². The molecule has 104 valence electrons. The Hall–Kier alpha value is -1.10. The molecule has 2 N–H and O–H groups in total. The molecule has 4 heteroatoms. The van der Waals surface area contributed by atoms with Gasteiger partial charge in [-0.3, -0.25) is 0 Å². The molecule has 0 atom stereocenters. The smallest absolute Gasteiger partial charge is 0.423 e. The molecule has 0 aliphatic carbocycles.